The number of nitrogens with one attached hydrogen (secondary N) is 2. The molecule has 0 fully saturated rings. The van der Waals surface area contributed by atoms with Gasteiger partial charge in [0.25, 0.3) is 0 Å². The van der Waals surface area contributed by atoms with Crippen molar-refractivity contribution in [3.05, 3.63) is 46.4 Å². The molecule has 0 saturated heterocycles. The molecule has 0 spiro atoms. The van der Waals surface area contributed by atoms with Gasteiger partial charge in [-0.2, -0.15) is 0 Å². The number of ether oxygens (including phenoxy) is 2. The zero-order valence-electron chi connectivity index (χ0n) is 13.5. The van der Waals surface area contributed by atoms with Gasteiger partial charge in [-0.1, -0.05) is 23.2 Å². The van der Waals surface area contributed by atoms with Crippen molar-refractivity contribution in [3.8, 4) is 11.5 Å². The van der Waals surface area contributed by atoms with E-state index in [1.54, 1.807) is 57.5 Å². The van der Waals surface area contributed by atoms with Crippen molar-refractivity contribution in [1.82, 2.24) is 0 Å². The van der Waals surface area contributed by atoms with Crippen molar-refractivity contribution in [2.75, 3.05) is 24.9 Å². The van der Waals surface area contributed by atoms with E-state index >= 15 is 0 Å². The second kappa shape index (κ2) is 8.13. The Kier molecular flexibility index (Phi) is 6.17. The first-order valence-corrected chi connectivity index (χ1v) is 7.94. The first kappa shape index (κ1) is 18.2. The number of amides is 1. The summed E-state index contributed by atoms with van der Waals surface area (Å²) >= 11 is 11.9. The average molecular weight is 369 g/mol. The van der Waals surface area contributed by atoms with Crippen molar-refractivity contribution in [2.24, 2.45) is 0 Å². The monoisotopic (exact) mass is 368 g/mol. The van der Waals surface area contributed by atoms with E-state index in [-0.39, 0.29) is 5.91 Å². The molecule has 24 heavy (non-hydrogen) atoms. The number of anilines is 2. The SMILES string of the molecule is COc1ccc(NC(C)C(=O)Nc2ccc(Cl)cc2Cl)cc1OC. The Hall–Kier alpha value is -2.11. The van der Waals surface area contributed by atoms with Gasteiger partial charge in [-0.15, -0.1) is 0 Å². The Morgan fingerprint density at radius 1 is 1.04 bits per heavy atom. The molecule has 2 N–H and O–H groups in total. The third-order valence-electron chi connectivity index (χ3n) is 3.35. The van der Waals surface area contributed by atoms with E-state index in [1.807, 2.05) is 0 Å². The van der Waals surface area contributed by atoms with Crippen molar-refractivity contribution in [1.29, 1.82) is 0 Å². The standard InChI is InChI=1S/C17H18Cl2N2O3/c1-10(17(22)21-14-6-4-11(18)8-13(14)19)20-12-5-7-15(23-2)16(9-12)24-3/h4-10,20H,1-3H3,(H,21,22). The summed E-state index contributed by atoms with van der Waals surface area (Å²) in [5.41, 5.74) is 1.24. The summed E-state index contributed by atoms with van der Waals surface area (Å²) < 4.78 is 10.4. The smallest absolute Gasteiger partial charge is 0.246 e. The zero-order valence-corrected chi connectivity index (χ0v) is 15.0. The van der Waals surface area contributed by atoms with E-state index in [2.05, 4.69) is 10.6 Å². The molecule has 0 heterocycles. The van der Waals surface area contributed by atoms with Gasteiger partial charge in [0, 0.05) is 16.8 Å². The lowest BCUT2D eigenvalue weighted by Gasteiger charge is -2.17. The summed E-state index contributed by atoms with van der Waals surface area (Å²) in [5.74, 6) is 0.970. The van der Waals surface area contributed by atoms with Gasteiger partial charge < -0.3 is 20.1 Å². The number of hydrogen-bond acceptors (Lipinski definition) is 4. The molecule has 0 aliphatic rings. The number of rotatable bonds is 6. The Balaban J connectivity index is 2.06. The van der Waals surface area contributed by atoms with E-state index in [4.69, 9.17) is 32.7 Å². The van der Waals surface area contributed by atoms with Crippen LogP contribution in [0.15, 0.2) is 36.4 Å². The van der Waals surface area contributed by atoms with E-state index in [9.17, 15) is 4.79 Å². The minimum absolute atomic E-state index is 0.228. The molecule has 1 unspecified atom stereocenters. The topological polar surface area (TPSA) is 59.6 Å². The van der Waals surface area contributed by atoms with Crippen LogP contribution in [0.25, 0.3) is 0 Å². The summed E-state index contributed by atoms with van der Waals surface area (Å²) in [7, 11) is 3.12. The Labute approximate surface area is 150 Å². The molecule has 2 rings (SSSR count). The van der Waals surface area contributed by atoms with E-state index < -0.39 is 6.04 Å². The van der Waals surface area contributed by atoms with Gasteiger partial charge in [0.15, 0.2) is 11.5 Å². The lowest BCUT2D eigenvalue weighted by molar-refractivity contribution is -0.116. The number of hydrogen-bond donors (Lipinski definition) is 2. The second-order valence-electron chi connectivity index (χ2n) is 5.05. The van der Waals surface area contributed by atoms with Crippen LogP contribution < -0.4 is 20.1 Å². The fourth-order valence-corrected chi connectivity index (χ4v) is 2.53. The molecule has 0 aliphatic carbocycles. The molecule has 0 radical (unpaired) electrons. The van der Waals surface area contributed by atoms with Crippen molar-refractivity contribution in [2.45, 2.75) is 13.0 Å². The molecule has 1 amide bonds. The minimum Gasteiger partial charge on any atom is -0.493 e. The molecule has 0 bridgehead atoms. The van der Waals surface area contributed by atoms with Crippen LogP contribution >= 0.6 is 23.2 Å². The maximum Gasteiger partial charge on any atom is 0.246 e. The summed E-state index contributed by atoms with van der Waals surface area (Å²) in [4.78, 5) is 12.3. The Bertz CT molecular complexity index is 738. The van der Waals surface area contributed by atoms with Gasteiger partial charge in [0.1, 0.15) is 6.04 Å². The van der Waals surface area contributed by atoms with Crippen molar-refractivity contribution < 1.29 is 14.3 Å². The number of carbonyl (C=O) groups is 1. The van der Waals surface area contributed by atoms with Crippen molar-refractivity contribution >= 4 is 40.5 Å². The van der Waals surface area contributed by atoms with Crippen LogP contribution in [0.1, 0.15) is 6.92 Å². The molecule has 128 valence electrons. The lowest BCUT2D eigenvalue weighted by Crippen LogP contribution is -2.31. The van der Waals surface area contributed by atoms with Crippen LogP contribution in [0.3, 0.4) is 0 Å². The van der Waals surface area contributed by atoms with E-state index in [0.29, 0.717) is 27.2 Å². The van der Waals surface area contributed by atoms with Gasteiger partial charge in [-0.05, 0) is 37.3 Å². The van der Waals surface area contributed by atoms with Gasteiger partial charge >= 0.3 is 0 Å². The lowest BCUT2D eigenvalue weighted by atomic mass is 10.2. The summed E-state index contributed by atoms with van der Waals surface area (Å²) in [6, 6.07) is 9.74. The molecule has 0 saturated carbocycles. The summed E-state index contributed by atoms with van der Waals surface area (Å²) in [5, 5.41) is 6.75. The third-order valence-corrected chi connectivity index (χ3v) is 3.90. The third kappa shape index (κ3) is 4.46. The number of benzene rings is 2. The first-order valence-electron chi connectivity index (χ1n) is 7.19. The molecule has 7 heteroatoms. The van der Waals surface area contributed by atoms with E-state index in [1.165, 1.54) is 0 Å². The predicted octanol–water partition coefficient (Wildman–Crippen LogP) is 4.45. The average Bonchev–Trinajstić information content (AvgIpc) is 2.57. The highest BCUT2D eigenvalue weighted by Gasteiger charge is 2.15. The highest BCUT2D eigenvalue weighted by molar-refractivity contribution is 6.36. The first-order chi connectivity index (χ1) is 11.4. The molecule has 0 aliphatic heterocycles. The molecule has 2 aromatic carbocycles. The van der Waals surface area contributed by atoms with Crippen LogP contribution in [-0.2, 0) is 4.79 Å². The van der Waals surface area contributed by atoms with Gasteiger partial charge in [-0.25, -0.2) is 0 Å². The largest absolute Gasteiger partial charge is 0.493 e. The van der Waals surface area contributed by atoms with Crippen LogP contribution in [-0.4, -0.2) is 26.2 Å². The van der Waals surface area contributed by atoms with Crippen LogP contribution in [0, 0.1) is 0 Å². The molecular formula is C17H18Cl2N2O3. The Morgan fingerprint density at radius 3 is 2.38 bits per heavy atom. The normalized spacial score (nSPS) is 11.5. The highest BCUT2D eigenvalue weighted by atomic mass is 35.5. The number of carbonyl (C=O) groups excluding carboxylic acids is 1. The fraction of sp³-hybridized carbons (Fsp3) is 0.235. The predicted molar refractivity (Wildman–Crippen MR) is 97.7 cm³/mol. The Morgan fingerprint density at radius 2 is 1.75 bits per heavy atom. The van der Waals surface area contributed by atoms with Crippen molar-refractivity contribution in [3.63, 3.8) is 0 Å². The number of methoxy groups -OCH3 is 2. The fourth-order valence-electron chi connectivity index (χ4n) is 2.07. The zero-order chi connectivity index (χ0) is 17.7. The van der Waals surface area contributed by atoms with Crippen LogP contribution in [0.5, 0.6) is 11.5 Å². The highest BCUT2D eigenvalue weighted by Crippen LogP contribution is 2.30. The van der Waals surface area contributed by atoms with Crippen LogP contribution in [0.2, 0.25) is 10.0 Å². The van der Waals surface area contributed by atoms with Gasteiger partial charge in [0.05, 0.1) is 24.9 Å². The quantitative estimate of drug-likeness (QED) is 0.790. The summed E-state index contributed by atoms with van der Waals surface area (Å²) in [6.07, 6.45) is 0. The molecule has 2 aromatic rings. The van der Waals surface area contributed by atoms with Crippen LogP contribution in [0.4, 0.5) is 11.4 Å². The maximum absolute atomic E-state index is 12.3. The molecule has 1 atom stereocenters. The molecular weight excluding hydrogens is 351 g/mol. The minimum atomic E-state index is -0.491. The molecule has 0 aromatic heterocycles. The second-order valence-corrected chi connectivity index (χ2v) is 5.89. The molecule has 5 nitrogen and oxygen atoms in total. The van der Waals surface area contributed by atoms with E-state index in [0.717, 1.165) is 5.69 Å². The summed E-state index contributed by atoms with van der Waals surface area (Å²) in [6.45, 7) is 1.75. The maximum atomic E-state index is 12.3. The van der Waals surface area contributed by atoms with Gasteiger partial charge in [-0.3, -0.25) is 4.79 Å². The number of halogens is 2. The van der Waals surface area contributed by atoms with Gasteiger partial charge in [0.2, 0.25) is 5.91 Å².